The van der Waals surface area contributed by atoms with Crippen LogP contribution in [0.2, 0.25) is 0 Å². The van der Waals surface area contributed by atoms with Crippen LogP contribution in [0.4, 0.5) is 11.6 Å². The first-order valence-electron chi connectivity index (χ1n) is 7.30. The molecular weight excluding hydrogens is 274 g/mol. The fourth-order valence-corrected chi connectivity index (χ4v) is 2.62. The minimum absolute atomic E-state index is 0.818. The van der Waals surface area contributed by atoms with Crippen LogP contribution in [0.25, 0.3) is 11.0 Å². The van der Waals surface area contributed by atoms with E-state index >= 15 is 0 Å². The highest BCUT2D eigenvalue weighted by Gasteiger charge is 2.12. The van der Waals surface area contributed by atoms with Crippen LogP contribution in [0.1, 0.15) is 5.56 Å². The molecule has 0 saturated heterocycles. The molecule has 2 aromatic heterocycles. The third-order valence-electron chi connectivity index (χ3n) is 3.87. The molecule has 114 valence electrons. The molecule has 0 aliphatic heterocycles. The zero-order chi connectivity index (χ0) is 15.7. The van der Waals surface area contributed by atoms with Gasteiger partial charge < -0.3 is 14.4 Å². The van der Waals surface area contributed by atoms with Crippen molar-refractivity contribution in [1.29, 1.82) is 0 Å². The Morgan fingerprint density at radius 3 is 2.41 bits per heavy atom. The molecule has 0 aliphatic carbocycles. The third kappa shape index (κ3) is 2.62. The number of hydrogen-bond acceptors (Lipinski definition) is 4. The molecule has 5 heteroatoms. The van der Waals surface area contributed by atoms with Crippen molar-refractivity contribution in [3.8, 4) is 0 Å². The first kappa shape index (κ1) is 14.4. The molecule has 0 bridgehead atoms. The predicted octanol–water partition coefficient (Wildman–Crippen LogP) is 2.67. The normalized spacial score (nSPS) is 10.9. The first-order valence-corrected chi connectivity index (χ1v) is 7.30. The van der Waals surface area contributed by atoms with Crippen LogP contribution in [-0.2, 0) is 13.6 Å². The maximum absolute atomic E-state index is 4.67. The lowest BCUT2D eigenvalue weighted by molar-refractivity contribution is 0.818. The maximum Gasteiger partial charge on any atom is 0.206 e. The number of fused-ring (bicyclic) bond motifs is 1. The Bertz CT molecular complexity index is 773. The van der Waals surface area contributed by atoms with Crippen LogP contribution in [0.3, 0.4) is 0 Å². The fraction of sp³-hybridized carbons (Fsp3) is 0.294. The lowest BCUT2D eigenvalue weighted by Crippen LogP contribution is -2.20. The van der Waals surface area contributed by atoms with Crippen molar-refractivity contribution in [3.63, 3.8) is 0 Å². The highest BCUT2D eigenvalue weighted by atomic mass is 15.3. The average molecular weight is 295 g/mol. The number of hydrogen-bond donors (Lipinski definition) is 0. The van der Waals surface area contributed by atoms with Gasteiger partial charge in [-0.1, -0.05) is 12.1 Å². The minimum Gasteiger partial charge on any atom is -0.378 e. The van der Waals surface area contributed by atoms with Gasteiger partial charge in [-0.25, -0.2) is 4.98 Å². The van der Waals surface area contributed by atoms with E-state index in [0.717, 1.165) is 23.5 Å². The molecule has 5 nitrogen and oxygen atoms in total. The summed E-state index contributed by atoms with van der Waals surface area (Å²) in [4.78, 5) is 13.1. The van der Waals surface area contributed by atoms with Crippen molar-refractivity contribution in [1.82, 2.24) is 14.5 Å². The highest BCUT2D eigenvalue weighted by Crippen LogP contribution is 2.21. The van der Waals surface area contributed by atoms with Crippen LogP contribution in [0.15, 0.2) is 42.7 Å². The van der Waals surface area contributed by atoms with Crippen molar-refractivity contribution in [2.75, 3.05) is 30.9 Å². The molecule has 0 amide bonds. The molecule has 0 spiro atoms. The molecule has 0 radical (unpaired) electrons. The summed E-state index contributed by atoms with van der Waals surface area (Å²) in [5.74, 6) is 0.944. The van der Waals surface area contributed by atoms with E-state index in [4.69, 9.17) is 0 Å². The van der Waals surface area contributed by atoms with Crippen molar-refractivity contribution in [3.05, 3.63) is 48.3 Å². The van der Waals surface area contributed by atoms with Gasteiger partial charge in [0.1, 0.15) is 5.52 Å². The van der Waals surface area contributed by atoms with Gasteiger partial charge in [-0.15, -0.1) is 0 Å². The topological polar surface area (TPSA) is 37.2 Å². The number of aromatic nitrogens is 3. The standard InChI is InChI=1S/C17H21N5/c1-20(2)14-7-5-13(6-8-14)12-21(3)17-19-15-11-18-10-9-16(15)22(17)4/h5-11H,12H2,1-4H3. The second-order valence-corrected chi connectivity index (χ2v) is 5.75. The van der Waals surface area contributed by atoms with Crippen molar-refractivity contribution >= 4 is 22.7 Å². The van der Waals surface area contributed by atoms with E-state index in [0.29, 0.717) is 0 Å². The third-order valence-corrected chi connectivity index (χ3v) is 3.87. The Balaban J connectivity index is 1.83. The molecular formula is C17H21N5. The summed E-state index contributed by atoms with van der Waals surface area (Å²) in [6.45, 7) is 0.818. The van der Waals surface area contributed by atoms with E-state index in [9.17, 15) is 0 Å². The number of rotatable bonds is 4. The summed E-state index contributed by atoms with van der Waals surface area (Å²) < 4.78 is 2.10. The molecule has 3 aromatic rings. The number of nitrogens with zero attached hydrogens (tertiary/aromatic N) is 5. The Morgan fingerprint density at radius 2 is 1.77 bits per heavy atom. The molecule has 22 heavy (non-hydrogen) atoms. The van der Waals surface area contributed by atoms with Gasteiger partial charge >= 0.3 is 0 Å². The van der Waals surface area contributed by atoms with Crippen LogP contribution in [0, 0.1) is 0 Å². The number of imidazole rings is 1. The Morgan fingerprint density at radius 1 is 1.05 bits per heavy atom. The molecule has 0 fully saturated rings. The zero-order valence-corrected chi connectivity index (χ0v) is 13.5. The van der Waals surface area contributed by atoms with Crippen molar-refractivity contribution < 1.29 is 0 Å². The van der Waals surface area contributed by atoms with Gasteiger partial charge in [-0.05, 0) is 23.8 Å². The highest BCUT2D eigenvalue weighted by molar-refractivity contribution is 5.77. The molecule has 0 aliphatic rings. The Labute approximate surface area is 130 Å². The molecule has 2 heterocycles. The zero-order valence-electron chi connectivity index (χ0n) is 13.5. The number of aryl methyl sites for hydroxylation is 1. The molecule has 0 unspecified atom stereocenters. The summed E-state index contributed by atoms with van der Waals surface area (Å²) >= 11 is 0. The number of anilines is 2. The molecule has 3 rings (SSSR count). The van der Waals surface area contributed by atoms with Crippen LogP contribution in [-0.4, -0.2) is 35.7 Å². The Hall–Kier alpha value is -2.56. The van der Waals surface area contributed by atoms with E-state index in [1.54, 1.807) is 12.4 Å². The Kier molecular flexibility index (Phi) is 3.71. The minimum atomic E-state index is 0.818. The summed E-state index contributed by atoms with van der Waals surface area (Å²) in [5, 5.41) is 0. The quantitative estimate of drug-likeness (QED) is 0.741. The van der Waals surface area contributed by atoms with E-state index < -0.39 is 0 Å². The van der Waals surface area contributed by atoms with Crippen LogP contribution >= 0.6 is 0 Å². The van der Waals surface area contributed by atoms with Crippen molar-refractivity contribution in [2.24, 2.45) is 7.05 Å². The van der Waals surface area contributed by atoms with E-state index in [-0.39, 0.29) is 0 Å². The number of pyridine rings is 1. The molecule has 0 N–H and O–H groups in total. The van der Waals surface area contributed by atoms with Gasteiger partial charge in [-0.2, -0.15) is 0 Å². The van der Waals surface area contributed by atoms with E-state index in [1.807, 2.05) is 13.1 Å². The monoisotopic (exact) mass is 295 g/mol. The fourth-order valence-electron chi connectivity index (χ4n) is 2.62. The smallest absolute Gasteiger partial charge is 0.206 e. The maximum atomic E-state index is 4.67. The molecule has 0 atom stereocenters. The lowest BCUT2D eigenvalue weighted by Gasteiger charge is -2.19. The summed E-state index contributed by atoms with van der Waals surface area (Å²) in [5.41, 5.74) is 4.49. The second-order valence-electron chi connectivity index (χ2n) is 5.75. The van der Waals surface area contributed by atoms with Gasteiger partial charge in [0.25, 0.3) is 0 Å². The van der Waals surface area contributed by atoms with Gasteiger partial charge in [0, 0.05) is 46.6 Å². The van der Waals surface area contributed by atoms with Gasteiger partial charge in [0.15, 0.2) is 0 Å². The number of benzene rings is 1. The predicted molar refractivity (Wildman–Crippen MR) is 91.4 cm³/mol. The molecule has 0 saturated carbocycles. The lowest BCUT2D eigenvalue weighted by atomic mass is 10.2. The summed E-state index contributed by atoms with van der Waals surface area (Å²) in [6.07, 6.45) is 3.60. The first-order chi connectivity index (χ1) is 10.6. The summed E-state index contributed by atoms with van der Waals surface area (Å²) in [6, 6.07) is 10.6. The van der Waals surface area contributed by atoms with Crippen LogP contribution < -0.4 is 9.80 Å². The van der Waals surface area contributed by atoms with Gasteiger partial charge in [0.2, 0.25) is 5.95 Å². The van der Waals surface area contributed by atoms with Crippen LogP contribution in [0.5, 0.6) is 0 Å². The second kappa shape index (κ2) is 5.67. The van der Waals surface area contributed by atoms with E-state index in [2.05, 4.69) is 69.7 Å². The average Bonchev–Trinajstić information content (AvgIpc) is 2.85. The summed E-state index contributed by atoms with van der Waals surface area (Å²) in [7, 11) is 8.20. The van der Waals surface area contributed by atoms with E-state index in [1.165, 1.54) is 11.3 Å². The largest absolute Gasteiger partial charge is 0.378 e. The SMILES string of the molecule is CN(C)c1ccc(CN(C)c2nc3cnccc3n2C)cc1. The molecule has 1 aromatic carbocycles. The van der Waals surface area contributed by atoms with Gasteiger partial charge in [0.05, 0.1) is 11.7 Å². The van der Waals surface area contributed by atoms with Gasteiger partial charge in [-0.3, -0.25) is 4.98 Å². The van der Waals surface area contributed by atoms with Crippen molar-refractivity contribution in [2.45, 2.75) is 6.54 Å².